The van der Waals surface area contributed by atoms with Crippen LogP contribution in [0.25, 0.3) is 0 Å². The van der Waals surface area contributed by atoms with Gasteiger partial charge in [-0.3, -0.25) is 9.59 Å². The van der Waals surface area contributed by atoms with Gasteiger partial charge in [-0.25, -0.2) is 0 Å². The number of nitrogens with one attached hydrogen (secondary N) is 1. The molecule has 0 aliphatic heterocycles. The number of carboxylic acids is 1. The molecule has 0 radical (unpaired) electrons. The molecular weight excluding hydrogens is 314 g/mol. The van der Waals surface area contributed by atoms with Gasteiger partial charge in [0.2, 0.25) is 5.91 Å². The normalized spacial score (nSPS) is 10.6. The van der Waals surface area contributed by atoms with Crippen molar-refractivity contribution < 1.29 is 14.7 Å². The number of rotatable bonds is 18. The number of carboxylic acid groups (broad SMARTS) is 1. The third-order valence-electron chi connectivity index (χ3n) is 4.49. The van der Waals surface area contributed by atoms with Crippen molar-refractivity contribution in [3.63, 3.8) is 0 Å². The molecule has 4 heteroatoms. The van der Waals surface area contributed by atoms with E-state index in [0.29, 0.717) is 12.0 Å². The molecule has 0 heterocycles. The van der Waals surface area contributed by atoms with Crippen LogP contribution in [0.1, 0.15) is 103 Å². The molecule has 0 rings (SSSR count). The van der Waals surface area contributed by atoms with Crippen molar-refractivity contribution >= 4 is 11.9 Å². The fourth-order valence-electron chi connectivity index (χ4n) is 2.88. The molecule has 4 nitrogen and oxygen atoms in total. The van der Waals surface area contributed by atoms with Crippen LogP contribution in [0.15, 0.2) is 12.2 Å². The molecule has 1 amide bonds. The van der Waals surface area contributed by atoms with Crippen molar-refractivity contribution in [2.24, 2.45) is 0 Å². The van der Waals surface area contributed by atoms with E-state index >= 15 is 0 Å². The van der Waals surface area contributed by atoms with Crippen molar-refractivity contribution in [1.29, 1.82) is 0 Å². The smallest absolute Gasteiger partial charge is 0.303 e. The zero-order chi connectivity index (χ0) is 18.8. The minimum atomic E-state index is -0.672. The van der Waals surface area contributed by atoms with Crippen LogP contribution in [0.2, 0.25) is 0 Å². The number of carbonyl (C=O) groups is 2. The summed E-state index contributed by atoms with van der Waals surface area (Å²) in [7, 11) is 0. The second-order valence-corrected chi connectivity index (χ2v) is 7.13. The molecule has 0 spiro atoms. The molecule has 0 bridgehead atoms. The Balaban J connectivity index is 3.08. The fraction of sp³-hybridized carbons (Fsp3) is 0.810. The highest BCUT2D eigenvalue weighted by molar-refractivity contribution is 5.91. The van der Waals surface area contributed by atoms with Gasteiger partial charge >= 0.3 is 5.97 Å². The fourth-order valence-corrected chi connectivity index (χ4v) is 2.88. The summed E-state index contributed by atoms with van der Waals surface area (Å²) in [5, 5.41) is 11.4. The standard InChI is InChI=1S/C21H39NO3/c1-19(2)21(25)22-18-16-14-12-10-8-6-4-3-5-7-9-11-13-15-17-20(23)24/h1,3-18H2,2H3,(H,22,25)(H,23,24). The Labute approximate surface area is 154 Å². The lowest BCUT2D eigenvalue weighted by molar-refractivity contribution is -0.137. The van der Waals surface area contributed by atoms with E-state index in [2.05, 4.69) is 11.9 Å². The molecule has 0 unspecified atom stereocenters. The molecule has 0 saturated carbocycles. The predicted molar refractivity (Wildman–Crippen MR) is 105 cm³/mol. The largest absolute Gasteiger partial charge is 0.481 e. The first-order valence-corrected chi connectivity index (χ1v) is 10.2. The van der Waals surface area contributed by atoms with E-state index in [0.717, 1.165) is 25.8 Å². The van der Waals surface area contributed by atoms with E-state index in [1.165, 1.54) is 70.6 Å². The third-order valence-corrected chi connectivity index (χ3v) is 4.49. The first-order chi connectivity index (χ1) is 12.0. The number of hydrogen-bond acceptors (Lipinski definition) is 2. The lowest BCUT2D eigenvalue weighted by Crippen LogP contribution is -2.24. The van der Waals surface area contributed by atoms with Crippen LogP contribution in [0.3, 0.4) is 0 Å². The Morgan fingerprint density at radius 3 is 1.44 bits per heavy atom. The Bertz CT molecular complexity index is 366. The number of amides is 1. The molecule has 0 atom stereocenters. The summed E-state index contributed by atoms with van der Waals surface area (Å²) in [5.41, 5.74) is 0.582. The Hall–Kier alpha value is -1.32. The van der Waals surface area contributed by atoms with Gasteiger partial charge in [0.1, 0.15) is 0 Å². The van der Waals surface area contributed by atoms with Crippen molar-refractivity contribution in [2.45, 2.75) is 103 Å². The van der Waals surface area contributed by atoms with Gasteiger partial charge in [0.05, 0.1) is 0 Å². The van der Waals surface area contributed by atoms with Crippen LogP contribution in [0.4, 0.5) is 0 Å². The quantitative estimate of drug-likeness (QED) is 0.248. The first-order valence-electron chi connectivity index (χ1n) is 10.2. The summed E-state index contributed by atoms with van der Waals surface area (Å²) in [6.07, 6.45) is 17.4. The van der Waals surface area contributed by atoms with Gasteiger partial charge in [0.25, 0.3) is 0 Å². The van der Waals surface area contributed by atoms with Gasteiger partial charge in [-0.15, -0.1) is 0 Å². The molecule has 0 saturated heterocycles. The molecule has 0 fully saturated rings. The third kappa shape index (κ3) is 18.9. The molecule has 0 aliphatic rings. The van der Waals surface area contributed by atoms with Gasteiger partial charge in [-0.2, -0.15) is 0 Å². The SMILES string of the molecule is C=C(C)C(=O)NCCCCCCCCCCCCCCCCC(=O)O. The molecule has 0 aliphatic carbocycles. The lowest BCUT2D eigenvalue weighted by atomic mass is 10.0. The zero-order valence-corrected chi connectivity index (χ0v) is 16.3. The number of hydrogen-bond donors (Lipinski definition) is 2. The van der Waals surface area contributed by atoms with Crippen LogP contribution in [0.5, 0.6) is 0 Å². The van der Waals surface area contributed by atoms with Crippen LogP contribution in [-0.4, -0.2) is 23.5 Å². The van der Waals surface area contributed by atoms with Gasteiger partial charge in [-0.1, -0.05) is 83.6 Å². The predicted octanol–water partition coefficient (Wildman–Crippen LogP) is 5.61. The maximum Gasteiger partial charge on any atom is 0.303 e. The Kier molecular flexibility index (Phi) is 16.6. The van der Waals surface area contributed by atoms with E-state index in [-0.39, 0.29) is 5.91 Å². The molecule has 25 heavy (non-hydrogen) atoms. The second-order valence-electron chi connectivity index (χ2n) is 7.13. The Morgan fingerprint density at radius 2 is 1.08 bits per heavy atom. The monoisotopic (exact) mass is 353 g/mol. The van der Waals surface area contributed by atoms with E-state index in [9.17, 15) is 9.59 Å². The van der Waals surface area contributed by atoms with E-state index < -0.39 is 5.97 Å². The Morgan fingerprint density at radius 1 is 0.720 bits per heavy atom. The highest BCUT2D eigenvalue weighted by Gasteiger charge is 1.99. The number of unbranched alkanes of at least 4 members (excludes halogenated alkanes) is 13. The minimum absolute atomic E-state index is 0.0275. The molecular formula is C21H39NO3. The topological polar surface area (TPSA) is 66.4 Å². The van der Waals surface area contributed by atoms with E-state index in [4.69, 9.17) is 5.11 Å². The van der Waals surface area contributed by atoms with Gasteiger partial charge in [0, 0.05) is 18.5 Å². The number of carbonyl (C=O) groups excluding carboxylic acids is 1. The van der Waals surface area contributed by atoms with Crippen LogP contribution < -0.4 is 5.32 Å². The summed E-state index contributed by atoms with van der Waals surface area (Å²) < 4.78 is 0. The van der Waals surface area contributed by atoms with Crippen molar-refractivity contribution in [2.75, 3.05) is 6.54 Å². The summed E-state index contributed by atoms with van der Waals surface area (Å²) in [5.74, 6) is -0.699. The highest BCUT2D eigenvalue weighted by Crippen LogP contribution is 2.13. The van der Waals surface area contributed by atoms with Gasteiger partial charge in [-0.05, 0) is 19.8 Å². The number of aliphatic carboxylic acids is 1. The van der Waals surface area contributed by atoms with Crippen molar-refractivity contribution in [1.82, 2.24) is 5.32 Å². The van der Waals surface area contributed by atoms with Gasteiger partial charge < -0.3 is 10.4 Å². The summed E-state index contributed by atoms with van der Waals surface area (Å²) in [6, 6.07) is 0. The highest BCUT2D eigenvalue weighted by atomic mass is 16.4. The maximum absolute atomic E-state index is 11.3. The average Bonchev–Trinajstić information content (AvgIpc) is 2.57. The molecule has 0 aromatic heterocycles. The van der Waals surface area contributed by atoms with Crippen LogP contribution in [0, 0.1) is 0 Å². The van der Waals surface area contributed by atoms with Crippen LogP contribution in [-0.2, 0) is 9.59 Å². The van der Waals surface area contributed by atoms with Gasteiger partial charge in [0.15, 0.2) is 0 Å². The zero-order valence-electron chi connectivity index (χ0n) is 16.3. The molecule has 2 N–H and O–H groups in total. The van der Waals surface area contributed by atoms with E-state index in [1.54, 1.807) is 6.92 Å². The van der Waals surface area contributed by atoms with Crippen molar-refractivity contribution in [3.05, 3.63) is 12.2 Å². The summed E-state index contributed by atoms with van der Waals surface area (Å²) in [6.45, 7) is 6.12. The molecule has 146 valence electrons. The molecule has 0 aromatic carbocycles. The molecule has 0 aromatic rings. The average molecular weight is 354 g/mol. The summed E-state index contributed by atoms with van der Waals surface area (Å²) >= 11 is 0. The van der Waals surface area contributed by atoms with E-state index in [1.807, 2.05) is 0 Å². The minimum Gasteiger partial charge on any atom is -0.481 e. The first kappa shape index (κ1) is 23.7. The maximum atomic E-state index is 11.3. The summed E-state index contributed by atoms with van der Waals surface area (Å²) in [4.78, 5) is 21.7. The second kappa shape index (κ2) is 17.5. The van der Waals surface area contributed by atoms with Crippen LogP contribution >= 0.6 is 0 Å². The van der Waals surface area contributed by atoms with Crippen molar-refractivity contribution in [3.8, 4) is 0 Å². The lowest BCUT2D eigenvalue weighted by Gasteiger charge is -2.05.